The molecule has 1 aliphatic carbocycles. The number of benzene rings is 1. The van der Waals surface area contributed by atoms with E-state index in [-0.39, 0.29) is 5.92 Å². The Balaban J connectivity index is 2.12. The molecule has 1 aliphatic rings. The molecule has 0 saturated heterocycles. The Morgan fingerprint density at radius 1 is 1.33 bits per heavy atom. The zero-order valence-corrected chi connectivity index (χ0v) is 9.46. The number of carbonyl (C=O) groups excluding carboxylic acids is 1. The highest BCUT2D eigenvalue weighted by atomic mass is 35.5. The number of carbonyl (C=O) groups is 1. The number of rotatable bonds is 4. The molecular formula is C11H10Cl2O2. The van der Waals surface area contributed by atoms with Gasteiger partial charge in [0, 0.05) is 10.9 Å². The van der Waals surface area contributed by atoms with Gasteiger partial charge in [-0.25, -0.2) is 0 Å². The van der Waals surface area contributed by atoms with Crippen LogP contribution in [0, 0.1) is 5.92 Å². The van der Waals surface area contributed by atoms with Gasteiger partial charge < -0.3 is 4.74 Å². The lowest BCUT2D eigenvalue weighted by molar-refractivity contribution is -0.117. The predicted octanol–water partition coefficient (Wildman–Crippen LogP) is 3.26. The Hall–Kier alpha value is -0.730. The van der Waals surface area contributed by atoms with Gasteiger partial charge in [0.1, 0.15) is 5.75 Å². The van der Waals surface area contributed by atoms with Crippen LogP contribution in [0.3, 0.4) is 0 Å². The van der Waals surface area contributed by atoms with E-state index in [0.717, 1.165) is 12.8 Å². The average Bonchev–Trinajstić information content (AvgIpc) is 3.05. The summed E-state index contributed by atoms with van der Waals surface area (Å²) in [5, 5.41) is -0.576. The lowest BCUT2D eigenvalue weighted by Gasteiger charge is -2.21. The molecular weight excluding hydrogens is 235 g/mol. The molecule has 2 nitrogen and oxygen atoms in total. The molecule has 1 aromatic carbocycles. The largest absolute Gasteiger partial charge is 0.465 e. The number of ether oxygens (including phenoxy) is 1. The summed E-state index contributed by atoms with van der Waals surface area (Å²) >= 11 is 11.8. The van der Waals surface area contributed by atoms with Crippen LogP contribution >= 0.6 is 23.2 Å². The summed E-state index contributed by atoms with van der Waals surface area (Å²) in [7, 11) is 0. The highest BCUT2D eigenvalue weighted by molar-refractivity contribution is 6.31. The maximum atomic E-state index is 10.9. The fraction of sp³-hybridized carbons (Fsp3) is 0.364. The minimum atomic E-state index is -1.20. The second-order valence-corrected chi connectivity index (χ2v) is 4.67. The Morgan fingerprint density at radius 2 is 1.93 bits per heavy atom. The van der Waals surface area contributed by atoms with Gasteiger partial charge in [-0.15, -0.1) is 0 Å². The van der Waals surface area contributed by atoms with Crippen LogP contribution in [-0.2, 0) is 4.79 Å². The molecule has 80 valence electrons. The second kappa shape index (κ2) is 4.03. The van der Waals surface area contributed by atoms with Crippen molar-refractivity contribution >= 4 is 29.5 Å². The molecule has 0 amide bonds. The molecule has 0 radical (unpaired) electrons. The second-order valence-electron chi connectivity index (χ2n) is 3.65. The number of alkyl halides is 1. The number of hydrogen-bond donors (Lipinski definition) is 0. The third kappa shape index (κ3) is 2.44. The molecule has 0 bridgehead atoms. The van der Waals surface area contributed by atoms with Crippen LogP contribution in [0.5, 0.6) is 5.75 Å². The van der Waals surface area contributed by atoms with Crippen molar-refractivity contribution in [2.24, 2.45) is 5.92 Å². The minimum Gasteiger partial charge on any atom is -0.465 e. The Bertz CT molecular complexity index is 359. The lowest BCUT2D eigenvalue weighted by Crippen LogP contribution is -2.33. The summed E-state index contributed by atoms with van der Waals surface area (Å²) in [6.07, 6.45) is 2.55. The van der Waals surface area contributed by atoms with Crippen LogP contribution < -0.4 is 4.74 Å². The average molecular weight is 245 g/mol. The monoisotopic (exact) mass is 244 g/mol. The van der Waals surface area contributed by atoms with Gasteiger partial charge in [0.05, 0.1) is 0 Å². The minimum absolute atomic E-state index is 0.132. The van der Waals surface area contributed by atoms with Crippen molar-refractivity contribution in [3.05, 3.63) is 29.3 Å². The first-order valence-electron chi connectivity index (χ1n) is 4.74. The number of halogens is 2. The maximum Gasteiger partial charge on any atom is 0.240 e. The maximum absolute atomic E-state index is 10.9. The summed E-state index contributed by atoms with van der Waals surface area (Å²) in [5.74, 6) is 0.695. The van der Waals surface area contributed by atoms with Crippen molar-refractivity contribution in [1.29, 1.82) is 0 Å². The summed E-state index contributed by atoms with van der Waals surface area (Å²) < 4.78 is 5.47. The van der Waals surface area contributed by atoms with Gasteiger partial charge in [0.25, 0.3) is 0 Å². The highest BCUT2D eigenvalue weighted by Crippen LogP contribution is 2.43. The molecule has 1 atom stereocenters. The predicted molar refractivity (Wildman–Crippen MR) is 59.5 cm³/mol. The molecule has 0 aliphatic heterocycles. The zero-order chi connectivity index (χ0) is 10.9. The fourth-order valence-corrected chi connectivity index (χ4v) is 1.80. The summed E-state index contributed by atoms with van der Waals surface area (Å²) in [4.78, 5) is 10.9. The normalized spacial score (nSPS) is 19.3. The van der Waals surface area contributed by atoms with E-state index < -0.39 is 5.06 Å². The van der Waals surface area contributed by atoms with E-state index in [2.05, 4.69) is 0 Å². The summed E-state index contributed by atoms with van der Waals surface area (Å²) in [6.45, 7) is 0. The highest BCUT2D eigenvalue weighted by Gasteiger charge is 2.46. The third-order valence-electron chi connectivity index (χ3n) is 2.38. The molecule has 1 unspecified atom stereocenters. The molecule has 0 heterocycles. The van der Waals surface area contributed by atoms with Crippen LogP contribution in [-0.4, -0.2) is 11.3 Å². The summed E-state index contributed by atoms with van der Waals surface area (Å²) in [6, 6.07) is 6.80. The van der Waals surface area contributed by atoms with Crippen molar-refractivity contribution in [3.63, 3.8) is 0 Å². The van der Waals surface area contributed by atoms with Crippen molar-refractivity contribution in [2.75, 3.05) is 0 Å². The molecule has 15 heavy (non-hydrogen) atoms. The molecule has 1 aromatic rings. The van der Waals surface area contributed by atoms with Crippen molar-refractivity contribution in [1.82, 2.24) is 0 Å². The standard InChI is InChI=1S/C11H10Cl2O2/c12-9-3-5-10(6-4-9)15-11(13,7-14)8-1-2-8/h3-8H,1-2H2. The van der Waals surface area contributed by atoms with Crippen LogP contribution in [0.15, 0.2) is 24.3 Å². The first kappa shape index (κ1) is 10.8. The molecule has 2 rings (SSSR count). The smallest absolute Gasteiger partial charge is 0.240 e. The van der Waals surface area contributed by atoms with Gasteiger partial charge in [-0.05, 0) is 37.1 Å². The van der Waals surface area contributed by atoms with Crippen molar-refractivity contribution < 1.29 is 9.53 Å². The van der Waals surface area contributed by atoms with Crippen LogP contribution in [0.25, 0.3) is 0 Å². The first-order chi connectivity index (χ1) is 7.14. The van der Waals surface area contributed by atoms with E-state index in [4.69, 9.17) is 27.9 Å². The van der Waals surface area contributed by atoms with E-state index in [0.29, 0.717) is 17.1 Å². The van der Waals surface area contributed by atoms with Gasteiger partial charge in [-0.3, -0.25) is 4.79 Å². The van der Waals surface area contributed by atoms with Crippen LogP contribution in [0.1, 0.15) is 12.8 Å². The van der Waals surface area contributed by atoms with Gasteiger partial charge in [-0.1, -0.05) is 23.2 Å². The molecule has 4 heteroatoms. The van der Waals surface area contributed by atoms with E-state index in [1.807, 2.05) is 0 Å². The van der Waals surface area contributed by atoms with E-state index in [9.17, 15) is 4.79 Å². The van der Waals surface area contributed by atoms with Gasteiger partial charge >= 0.3 is 0 Å². The topological polar surface area (TPSA) is 26.3 Å². The number of aldehydes is 1. The van der Waals surface area contributed by atoms with Crippen molar-refractivity contribution in [3.8, 4) is 5.75 Å². The van der Waals surface area contributed by atoms with Gasteiger partial charge in [0.2, 0.25) is 5.06 Å². The van der Waals surface area contributed by atoms with E-state index >= 15 is 0 Å². The first-order valence-corrected chi connectivity index (χ1v) is 5.49. The molecule has 0 N–H and O–H groups in total. The van der Waals surface area contributed by atoms with Crippen LogP contribution in [0.2, 0.25) is 5.02 Å². The van der Waals surface area contributed by atoms with E-state index in [1.165, 1.54) is 0 Å². The molecule has 0 aromatic heterocycles. The van der Waals surface area contributed by atoms with Crippen molar-refractivity contribution in [2.45, 2.75) is 17.9 Å². The van der Waals surface area contributed by atoms with E-state index in [1.54, 1.807) is 24.3 Å². The van der Waals surface area contributed by atoms with Crippen LogP contribution in [0.4, 0.5) is 0 Å². The Labute approximate surface area is 98.1 Å². The van der Waals surface area contributed by atoms with Gasteiger partial charge in [-0.2, -0.15) is 0 Å². The molecule has 0 spiro atoms. The fourth-order valence-electron chi connectivity index (χ4n) is 1.36. The SMILES string of the molecule is O=CC(Cl)(Oc1ccc(Cl)cc1)C1CC1. The Kier molecular flexibility index (Phi) is 2.89. The number of hydrogen-bond acceptors (Lipinski definition) is 2. The quantitative estimate of drug-likeness (QED) is 0.601. The zero-order valence-electron chi connectivity index (χ0n) is 7.95. The van der Waals surface area contributed by atoms with Gasteiger partial charge in [0.15, 0.2) is 6.29 Å². The third-order valence-corrected chi connectivity index (χ3v) is 3.11. The Morgan fingerprint density at radius 3 is 2.40 bits per heavy atom. The molecule has 1 saturated carbocycles. The molecule has 1 fully saturated rings. The lowest BCUT2D eigenvalue weighted by atomic mass is 10.2. The summed E-state index contributed by atoms with van der Waals surface area (Å²) in [5.41, 5.74) is 0.